The number of aromatic nitrogens is 1. The fourth-order valence-electron chi connectivity index (χ4n) is 1.62. The zero-order valence-electron chi connectivity index (χ0n) is 10.3. The second kappa shape index (κ2) is 5.84. The average Bonchev–Trinajstić information content (AvgIpc) is 2.41. The van der Waals surface area contributed by atoms with Gasteiger partial charge in [0.25, 0.3) is 5.56 Å². The van der Waals surface area contributed by atoms with E-state index in [0.29, 0.717) is 4.47 Å². The number of nitrogens with zero attached hydrogens (tertiary/aromatic N) is 1. The van der Waals surface area contributed by atoms with Crippen LogP contribution in [0.25, 0.3) is 0 Å². The van der Waals surface area contributed by atoms with Crippen molar-refractivity contribution in [1.82, 2.24) is 4.57 Å². The molecule has 1 aromatic carbocycles. The van der Waals surface area contributed by atoms with Gasteiger partial charge in [0, 0.05) is 17.7 Å². The molecule has 0 amide bonds. The number of carbonyl (C=O) groups excluding carboxylic acids is 1. The third kappa shape index (κ3) is 3.32. The largest absolute Gasteiger partial charge is 0.457 e. The van der Waals surface area contributed by atoms with Gasteiger partial charge in [0.15, 0.2) is 0 Å². The second-order valence-electron chi connectivity index (χ2n) is 4.05. The Kier molecular flexibility index (Phi) is 4.16. The Labute approximate surface area is 118 Å². The molecular formula is C14H12BrNO3. The van der Waals surface area contributed by atoms with Crippen molar-refractivity contribution in [3.63, 3.8) is 0 Å². The fraction of sp³-hybridized carbons (Fsp3) is 0.143. The molecule has 0 bridgehead atoms. The summed E-state index contributed by atoms with van der Waals surface area (Å²) in [7, 11) is 1.58. The molecule has 0 saturated heterocycles. The monoisotopic (exact) mass is 321 g/mol. The predicted octanol–water partition coefficient (Wildman–Crippen LogP) is 2.50. The molecule has 0 atom stereocenters. The molecular weight excluding hydrogens is 310 g/mol. The first-order chi connectivity index (χ1) is 9.08. The number of esters is 1. The lowest BCUT2D eigenvalue weighted by Gasteiger charge is -2.06. The van der Waals surface area contributed by atoms with E-state index in [-0.39, 0.29) is 17.7 Å². The lowest BCUT2D eigenvalue weighted by atomic mass is 10.2. The van der Waals surface area contributed by atoms with Crippen LogP contribution in [0.4, 0.5) is 0 Å². The Morgan fingerprint density at radius 1 is 1.32 bits per heavy atom. The van der Waals surface area contributed by atoms with Crippen LogP contribution in [-0.2, 0) is 18.4 Å². The van der Waals surface area contributed by atoms with Gasteiger partial charge < -0.3 is 9.30 Å². The number of aryl methyl sites for hydroxylation is 1. The van der Waals surface area contributed by atoms with Gasteiger partial charge in [-0.1, -0.05) is 30.3 Å². The molecule has 0 unspecified atom stereocenters. The number of hydrogen-bond acceptors (Lipinski definition) is 3. The van der Waals surface area contributed by atoms with E-state index < -0.39 is 5.97 Å². The first-order valence-electron chi connectivity index (χ1n) is 5.65. The maximum atomic E-state index is 11.9. The number of hydrogen-bond donors (Lipinski definition) is 0. The van der Waals surface area contributed by atoms with Crippen molar-refractivity contribution in [3.05, 3.63) is 68.5 Å². The molecule has 1 aromatic heterocycles. The minimum Gasteiger partial charge on any atom is -0.457 e. The van der Waals surface area contributed by atoms with E-state index in [9.17, 15) is 9.59 Å². The van der Waals surface area contributed by atoms with E-state index in [4.69, 9.17) is 4.74 Å². The van der Waals surface area contributed by atoms with Crippen LogP contribution in [0.3, 0.4) is 0 Å². The van der Waals surface area contributed by atoms with Crippen LogP contribution < -0.4 is 5.56 Å². The molecule has 19 heavy (non-hydrogen) atoms. The summed E-state index contributed by atoms with van der Waals surface area (Å²) in [5, 5.41) is 0. The molecule has 0 spiro atoms. The zero-order valence-corrected chi connectivity index (χ0v) is 11.9. The van der Waals surface area contributed by atoms with E-state index in [1.54, 1.807) is 13.2 Å². The molecule has 4 nitrogen and oxygen atoms in total. The first kappa shape index (κ1) is 13.5. The maximum Gasteiger partial charge on any atom is 0.344 e. The molecule has 2 aromatic rings. The van der Waals surface area contributed by atoms with Crippen LogP contribution in [0.5, 0.6) is 0 Å². The van der Waals surface area contributed by atoms with Crippen molar-refractivity contribution in [2.75, 3.05) is 0 Å². The minimum atomic E-state index is -0.620. The van der Waals surface area contributed by atoms with Gasteiger partial charge >= 0.3 is 5.97 Å². The van der Waals surface area contributed by atoms with Gasteiger partial charge in [0.1, 0.15) is 12.2 Å². The highest BCUT2D eigenvalue weighted by atomic mass is 79.9. The Morgan fingerprint density at radius 3 is 2.68 bits per heavy atom. The summed E-state index contributed by atoms with van der Waals surface area (Å²) in [6, 6.07) is 10.8. The normalized spacial score (nSPS) is 10.2. The number of pyridine rings is 1. The Bertz CT molecular complexity index is 649. The standard InChI is InChI=1S/C14H12BrNO3/c1-16-8-11(15)7-12(13(16)17)14(18)19-9-10-5-3-2-4-6-10/h2-8H,9H2,1H3. The molecule has 0 fully saturated rings. The summed E-state index contributed by atoms with van der Waals surface area (Å²) in [5.74, 6) is -0.620. The second-order valence-corrected chi connectivity index (χ2v) is 4.97. The highest BCUT2D eigenvalue weighted by Crippen LogP contribution is 2.10. The Morgan fingerprint density at radius 2 is 2.00 bits per heavy atom. The van der Waals surface area contributed by atoms with Crippen LogP contribution in [0.1, 0.15) is 15.9 Å². The van der Waals surface area contributed by atoms with E-state index in [0.717, 1.165) is 5.56 Å². The third-order valence-electron chi connectivity index (χ3n) is 2.58. The third-order valence-corrected chi connectivity index (χ3v) is 3.02. The first-order valence-corrected chi connectivity index (χ1v) is 6.44. The van der Waals surface area contributed by atoms with Crippen molar-refractivity contribution in [2.45, 2.75) is 6.61 Å². The molecule has 0 aliphatic rings. The molecule has 98 valence electrons. The maximum absolute atomic E-state index is 11.9. The molecule has 2 rings (SSSR count). The highest BCUT2D eigenvalue weighted by molar-refractivity contribution is 9.10. The van der Waals surface area contributed by atoms with Gasteiger partial charge in [0.2, 0.25) is 0 Å². The van der Waals surface area contributed by atoms with Gasteiger partial charge in [-0.2, -0.15) is 0 Å². The summed E-state index contributed by atoms with van der Waals surface area (Å²) < 4.78 is 7.12. The zero-order chi connectivity index (χ0) is 13.8. The molecule has 0 radical (unpaired) electrons. The SMILES string of the molecule is Cn1cc(Br)cc(C(=O)OCc2ccccc2)c1=O. The molecule has 0 saturated carbocycles. The summed E-state index contributed by atoms with van der Waals surface area (Å²) in [6.45, 7) is 0.148. The van der Waals surface area contributed by atoms with Gasteiger partial charge in [-0.3, -0.25) is 4.79 Å². The van der Waals surface area contributed by atoms with Gasteiger partial charge in [-0.05, 0) is 27.6 Å². The Balaban J connectivity index is 2.15. The molecule has 0 N–H and O–H groups in total. The van der Waals surface area contributed by atoms with Crippen molar-refractivity contribution in [1.29, 1.82) is 0 Å². The highest BCUT2D eigenvalue weighted by Gasteiger charge is 2.14. The van der Waals surface area contributed by atoms with Crippen molar-refractivity contribution in [2.24, 2.45) is 7.05 Å². The van der Waals surface area contributed by atoms with Crippen LogP contribution >= 0.6 is 15.9 Å². The number of halogens is 1. The average molecular weight is 322 g/mol. The van der Waals surface area contributed by atoms with Crippen LogP contribution in [-0.4, -0.2) is 10.5 Å². The van der Waals surface area contributed by atoms with Crippen molar-refractivity contribution in [3.8, 4) is 0 Å². The Hall–Kier alpha value is -1.88. The molecule has 1 heterocycles. The fourth-order valence-corrected chi connectivity index (χ4v) is 2.15. The van der Waals surface area contributed by atoms with Crippen LogP contribution in [0.2, 0.25) is 0 Å². The predicted molar refractivity (Wildman–Crippen MR) is 74.9 cm³/mol. The van der Waals surface area contributed by atoms with E-state index in [1.165, 1.54) is 10.6 Å². The van der Waals surface area contributed by atoms with E-state index in [1.807, 2.05) is 30.3 Å². The topological polar surface area (TPSA) is 48.3 Å². The van der Waals surface area contributed by atoms with Crippen molar-refractivity contribution < 1.29 is 9.53 Å². The molecule has 0 aliphatic carbocycles. The minimum absolute atomic E-state index is 0.0211. The summed E-state index contributed by atoms with van der Waals surface area (Å²) >= 11 is 3.24. The quantitative estimate of drug-likeness (QED) is 0.816. The number of benzene rings is 1. The molecule has 0 aliphatic heterocycles. The number of carbonyl (C=O) groups is 1. The van der Waals surface area contributed by atoms with Gasteiger partial charge in [0.05, 0.1) is 0 Å². The lowest BCUT2D eigenvalue weighted by molar-refractivity contribution is 0.0470. The van der Waals surface area contributed by atoms with Crippen LogP contribution in [0.15, 0.2) is 51.9 Å². The summed E-state index contributed by atoms with van der Waals surface area (Å²) in [6.07, 6.45) is 1.59. The smallest absolute Gasteiger partial charge is 0.344 e. The van der Waals surface area contributed by atoms with E-state index in [2.05, 4.69) is 15.9 Å². The number of rotatable bonds is 3. The van der Waals surface area contributed by atoms with Crippen LogP contribution in [0, 0.1) is 0 Å². The summed E-state index contributed by atoms with van der Waals surface area (Å²) in [5.41, 5.74) is 0.525. The van der Waals surface area contributed by atoms with Crippen molar-refractivity contribution >= 4 is 21.9 Å². The lowest BCUT2D eigenvalue weighted by Crippen LogP contribution is -2.25. The molecule has 5 heteroatoms. The van der Waals surface area contributed by atoms with Gasteiger partial charge in [-0.15, -0.1) is 0 Å². The van der Waals surface area contributed by atoms with E-state index >= 15 is 0 Å². The van der Waals surface area contributed by atoms with Gasteiger partial charge in [-0.25, -0.2) is 4.79 Å². The summed E-state index contributed by atoms with van der Waals surface area (Å²) in [4.78, 5) is 23.7. The number of ether oxygens (including phenoxy) is 1.